The average molecular weight is 968 g/mol. The highest BCUT2D eigenvalue weighted by molar-refractivity contribution is 7.89. The molecule has 70 heavy (non-hydrogen) atoms. The van der Waals surface area contributed by atoms with E-state index in [2.05, 4.69) is 36.2 Å². The minimum absolute atomic E-state index is 0.00753. The van der Waals surface area contributed by atoms with E-state index < -0.39 is 27.8 Å². The minimum atomic E-state index is -4.28. The van der Waals surface area contributed by atoms with Crippen LogP contribution in [0.25, 0.3) is 11.1 Å². The summed E-state index contributed by atoms with van der Waals surface area (Å²) in [4.78, 5) is 18.2. The van der Waals surface area contributed by atoms with Crippen LogP contribution < -0.4 is 14.8 Å². The molecule has 1 saturated carbocycles. The van der Waals surface area contributed by atoms with Crippen LogP contribution in [0, 0.1) is 17.8 Å². The van der Waals surface area contributed by atoms with Crippen molar-refractivity contribution in [1.82, 2.24) is 4.31 Å². The molecule has 13 heteroatoms. The van der Waals surface area contributed by atoms with E-state index in [1.807, 2.05) is 91.9 Å². The van der Waals surface area contributed by atoms with Gasteiger partial charge in [-0.1, -0.05) is 110 Å². The van der Waals surface area contributed by atoms with Crippen molar-refractivity contribution in [3.8, 4) is 28.4 Å². The first kappa shape index (κ1) is 50.3. The van der Waals surface area contributed by atoms with E-state index in [4.69, 9.17) is 24.2 Å². The number of oxime groups is 1. The monoisotopic (exact) mass is 967 g/mol. The maximum Gasteiger partial charge on any atom is 0.243 e. The highest BCUT2D eigenvalue weighted by atomic mass is 32.2. The fourth-order valence-corrected chi connectivity index (χ4v) is 12.4. The molecule has 1 amide bonds. The number of hydrogen-bond acceptors (Lipinski definition) is 10. The third-order valence-electron chi connectivity index (χ3n) is 13.7. The Morgan fingerprint density at radius 2 is 1.54 bits per heavy atom. The molecule has 368 valence electrons. The first-order valence-electron chi connectivity index (χ1n) is 24.6. The quantitative estimate of drug-likeness (QED) is 0.0329. The molecule has 0 radical (unpaired) electrons. The van der Waals surface area contributed by atoms with Gasteiger partial charge in [0.05, 0.1) is 29.2 Å². The van der Waals surface area contributed by atoms with Gasteiger partial charge in [-0.05, 0) is 121 Å². The molecule has 6 unspecified atom stereocenters. The van der Waals surface area contributed by atoms with E-state index >= 15 is 8.42 Å². The smallest absolute Gasteiger partial charge is 0.243 e. The summed E-state index contributed by atoms with van der Waals surface area (Å²) in [5.41, 5.74) is 5.95. The van der Waals surface area contributed by atoms with Gasteiger partial charge >= 0.3 is 0 Å². The van der Waals surface area contributed by atoms with Gasteiger partial charge in [0, 0.05) is 50.3 Å². The van der Waals surface area contributed by atoms with Crippen LogP contribution in [-0.4, -0.2) is 72.7 Å². The van der Waals surface area contributed by atoms with Crippen molar-refractivity contribution in [2.75, 3.05) is 31.7 Å². The van der Waals surface area contributed by atoms with E-state index in [9.17, 15) is 15.0 Å². The number of nitrogens with zero attached hydrogens (tertiary/aromatic N) is 2. The predicted octanol–water partition coefficient (Wildman–Crippen LogP) is 11.0. The number of nitrogens with one attached hydrogen (secondary N) is 1. The summed E-state index contributed by atoms with van der Waals surface area (Å²) in [5.74, 6) is -0.988. The van der Waals surface area contributed by atoms with Crippen LogP contribution in [0.3, 0.4) is 0 Å². The molecule has 0 saturated heterocycles. The number of carbonyl (C=O) groups is 1. The van der Waals surface area contributed by atoms with Crippen LogP contribution in [-0.2, 0) is 31.0 Å². The summed E-state index contributed by atoms with van der Waals surface area (Å²) in [6.07, 6.45) is 8.84. The second kappa shape index (κ2) is 23.2. The molecule has 1 heterocycles. The maximum absolute atomic E-state index is 15.4. The lowest BCUT2D eigenvalue weighted by Crippen LogP contribution is -2.70. The van der Waals surface area contributed by atoms with E-state index in [1.54, 1.807) is 18.2 Å². The second-order valence-corrected chi connectivity index (χ2v) is 20.2. The van der Waals surface area contributed by atoms with Crippen molar-refractivity contribution >= 4 is 27.3 Å². The summed E-state index contributed by atoms with van der Waals surface area (Å²) in [6, 6.07) is 39.0. The summed E-state index contributed by atoms with van der Waals surface area (Å²) in [6.45, 7) is 7.90. The van der Waals surface area contributed by atoms with Gasteiger partial charge in [-0.3, -0.25) is 4.79 Å². The van der Waals surface area contributed by atoms with Crippen molar-refractivity contribution in [1.29, 1.82) is 0 Å². The molecular weight excluding hydrogens is 903 g/mol. The number of anilines is 1. The summed E-state index contributed by atoms with van der Waals surface area (Å²) >= 11 is 0. The Labute approximate surface area is 412 Å². The number of carbonyl (C=O) groups excluding carboxylic acids is 1. The molecular formula is C57H65N3O9S. The van der Waals surface area contributed by atoms with Gasteiger partial charge in [-0.15, -0.1) is 6.58 Å². The van der Waals surface area contributed by atoms with E-state index in [0.29, 0.717) is 47.9 Å². The van der Waals surface area contributed by atoms with Crippen LogP contribution >= 0.6 is 0 Å². The SMILES string of the molecule is C=CCOC12Oc3ccc(Oc4ccc(-c5ccccc5)cc4)cc3C3C(CCCCO)C(CCCCO)C=C(C(=NOCc4ccccc4)CC1N(CCC)S(=O)(=O)c1ccc(NC(C)=O)cc1)C32. The van der Waals surface area contributed by atoms with Crippen molar-refractivity contribution < 1.29 is 42.5 Å². The first-order valence-corrected chi connectivity index (χ1v) is 26.0. The standard InChI is InChI=1S/C57H65N3O9S/c1-4-32-60(70(64,65)48-29-24-45(25-30-48)58-40(3)63)54-38-52(59-67-39-41-16-8-6-9-17-41)50-36-44(20-12-14-33-61)49(21-13-15-34-62)55-51-37-47(28-31-53(51)69-57(54,56(50)55)66-35-5-2)68-46-26-22-43(23-27-46)42-18-10-7-11-19-42/h5-11,16-19,22-31,36-37,44,49,54-56,61-62H,2,4,12-15,20-21,32-35,38-39H2,1,3H3,(H,58,63). The van der Waals surface area contributed by atoms with E-state index in [-0.39, 0.29) is 67.9 Å². The van der Waals surface area contributed by atoms with Gasteiger partial charge in [-0.2, -0.15) is 4.31 Å². The lowest BCUT2D eigenvalue weighted by molar-refractivity contribution is -0.251. The molecule has 0 aromatic heterocycles. The van der Waals surface area contributed by atoms with E-state index in [0.717, 1.165) is 53.5 Å². The molecule has 6 atom stereocenters. The summed E-state index contributed by atoms with van der Waals surface area (Å²) < 4.78 is 53.4. The molecule has 5 aromatic rings. The van der Waals surface area contributed by atoms with Crippen molar-refractivity contribution in [2.45, 2.75) is 94.5 Å². The topological polar surface area (TPSA) is 156 Å². The second-order valence-electron chi connectivity index (χ2n) is 18.3. The number of ether oxygens (including phenoxy) is 3. The van der Waals surface area contributed by atoms with Crippen LogP contribution in [0.4, 0.5) is 5.69 Å². The van der Waals surface area contributed by atoms with Gasteiger partial charge in [0.15, 0.2) is 0 Å². The van der Waals surface area contributed by atoms with Crippen molar-refractivity contribution in [3.05, 3.63) is 163 Å². The predicted molar refractivity (Wildman–Crippen MR) is 273 cm³/mol. The zero-order valence-electron chi connectivity index (χ0n) is 40.1. The number of unbranched alkanes of at least 4 members (excludes halogenated alkanes) is 2. The highest BCUT2D eigenvalue weighted by Crippen LogP contribution is 2.62. The third-order valence-corrected chi connectivity index (χ3v) is 15.6. The van der Waals surface area contributed by atoms with Crippen molar-refractivity contribution in [2.24, 2.45) is 22.9 Å². The lowest BCUT2D eigenvalue weighted by Gasteiger charge is -2.59. The van der Waals surface area contributed by atoms with Gasteiger partial charge in [-0.25, -0.2) is 8.42 Å². The van der Waals surface area contributed by atoms with Crippen LogP contribution in [0.15, 0.2) is 162 Å². The van der Waals surface area contributed by atoms with Gasteiger partial charge < -0.3 is 34.6 Å². The van der Waals surface area contributed by atoms with Gasteiger partial charge in [0.25, 0.3) is 0 Å². The lowest BCUT2D eigenvalue weighted by atomic mass is 9.55. The number of rotatable bonds is 23. The van der Waals surface area contributed by atoms with Crippen molar-refractivity contribution in [3.63, 3.8) is 0 Å². The average Bonchev–Trinajstić information content (AvgIpc) is 3.37. The molecule has 3 aliphatic rings. The fraction of sp³-hybridized carbons (Fsp3) is 0.368. The molecule has 5 aromatic carbocycles. The molecule has 0 bridgehead atoms. The first-order chi connectivity index (χ1) is 34.1. The number of allylic oxidation sites excluding steroid dienone is 1. The minimum Gasteiger partial charge on any atom is -0.460 e. The van der Waals surface area contributed by atoms with Gasteiger partial charge in [0.1, 0.15) is 23.9 Å². The Balaban J connectivity index is 1.31. The Morgan fingerprint density at radius 1 is 0.871 bits per heavy atom. The number of aliphatic hydroxyl groups excluding tert-OH is 2. The number of hydrogen-bond donors (Lipinski definition) is 3. The normalized spacial score (nSPS) is 22.0. The zero-order chi connectivity index (χ0) is 49.1. The molecule has 8 rings (SSSR count). The Morgan fingerprint density at radius 3 is 2.21 bits per heavy atom. The van der Waals surface area contributed by atoms with Crippen LogP contribution in [0.2, 0.25) is 0 Å². The number of aliphatic hydroxyl groups is 2. The number of sulfonamides is 1. The Bertz CT molecular complexity index is 2710. The fourth-order valence-electron chi connectivity index (χ4n) is 10.6. The number of fused-ring (bicyclic) bond motifs is 2. The molecule has 0 spiro atoms. The highest BCUT2D eigenvalue weighted by Gasteiger charge is 2.66. The number of amides is 1. The Kier molecular flexibility index (Phi) is 16.7. The summed E-state index contributed by atoms with van der Waals surface area (Å²) in [5, 5.41) is 27.8. The molecule has 1 aliphatic heterocycles. The molecule has 3 N–H and O–H groups in total. The maximum atomic E-state index is 15.4. The van der Waals surface area contributed by atoms with E-state index in [1.165, 1.54) is 23.4 Å². The number of benzene rings is 5. The molecule has 1 fully saturated rings. The molecule has 2 aliphatic carbocycles. The summed E-state index contributed by atoms with van der Waals surface area (Å²) in [7, 11) is -4.28. The van der Waals surface area contributed by atoms with Gasteiger partial charge in [0.2, 0.25) is 21.7 Å². The largest absolute Gasteiger partial charge is 0.460 e. The third kappa shape index (κ3) is 11.1. The van der Waals surface area contributed by atoms with Crippen LogP contribution in [0.5, 0.6) is 17.2 Å². The zero-order valence-corrected chi connectivity index (χ0v) is 40.9. The Hall–Kier alpha value is -6.09. The molecule has 12 nitrogen and oxygen atoms in total. The van der Waals surface area contributed by atoms with Crippen LogP contribution in [0.1, 0.15) is 82.3 Å².